The number of alkyl halides is 3. The van der Waals surface area contributed by atoms with Gasteiger partial charge in [0.15, 0.2) is 0 Å². The lowest BCUT2D eigenvalue weighted by Crippen LogP contribution is -2.07. The van der Waals surface area contributed by atoms with Crippen LogP contribution in [0.2, 0.25) is 0 Å². The van der Waals surface area contributed by atoms with Crippen molar-refractivity contribution in [2.75, 3.05) is 0 Å². The molecule has 0 spiro atoms. The molecule has 6 heteroatoms. The number of carbonyl (C=O) groups excluding carboxylic acids is 1. The average molecular weight is 271 g/mol. The van der Waals surface area contributed by atoms with Gasteiger partial charge in [0.2, 0.25) is 5.78 Å². The third kappa shape index (κ3) is 2.59. The van der Waals surface area contributed by atoms with Gasteiger partial charge in [-0.15, -0.1) is 11.3 Å². The predicted molar refractivity (Wildman–Crippen MR) is 61.7 cm³/mol. The van der Waals surface area contributed by atoms with Crippen molar-refractivity contribution in [3.05, 3.63) is 51.5 Å². The number of aryl methyl sites for hydroxylation is 1. The third-order valence-corrected chi connectivity index (χ3v) is 3.21. The summed E-state index contributed by atoms with van der Waals surface area (Å²) in [4.78, 5) is 16.2. The Kier molecular flexibility index (Phi) is 3.21. The van der Waals surface area contributed by atoms with Crippen LogP contribution in [0.25, 0.3) is 0 Å². The molecular weight excluding hydrogens is 263 g/mol. The lowest BCUT2D eigenvalue weighted by molar-refractivity contribution is -0.137. The van der Waals surface area contributed by atoms with Crippen LogP contribution in [0.5, 0.6) is 0 Å². The van der Waals surface area contributed by atoms with E-state index < -0.39 is 17.5 Å². The fraction of sp³-hybridized carbons (Fsp3) is 0.167. The number of rotatable bonds is 2. The zero-order chi connectivity index (χ0) is 13.3. The summed E-state index contributed by atoms with van der Waals surface area (Å²) in [6.07, 6.45) is -3.07. The van der Waals surface area contributed by atoms with Crippen molar-refractivity contribution in [1.82, 2.24) is 4.98 Å². The van der Waals surface area contributed by atoms with Gasteiger partial charge in [-0.25, -0.2) is 4.98 Å². The van der Waals surface area contributed by atoms with E-state index in [9.17, 15) is 18.0 Å². The summed E-state index contributed by atoms with van der Waals surface area (Å²) in [6.45, 7) is 1.73. The first-order chi connectivity index (χ1) is 8.38. The maximum Gasteiger partial charge on any atom is 0.416 e. The SMILES string of the molecule is Cc1ncc(C(=O)c2cccc(C(F)(F)F)c2)s1. The van der Waals surface area contributed by atoms with E-state index in [-0.39, 0.29) is 5.56 Å². The highest BCUT2D eigenvalue weighted by atomic mass is 32.1. The van der Waals surface area contributed by atoms with Gasteiger partial charge in [-0.2, -0.15) is 13.2 Å². The molecule has 0 amide bonds. The normalized spacial score (nSPS) is 11.6. The highest BCUT2D eigenvalue weighted by molar-refractivity contribution is 7.13. The van der Waals surface area contributed by atoms with E-state index in [2.05, 4.69) is 4.98 Å². The van der Waals surface area contributed by atoms with Crippen molar-refractivity contribution in [1.29, 1.82) is 0 Å². The Bertz CT molecular complexity index is 589. The van der Waals surface area contributed by atoms with Crippen molar-refractivity contribution < 1.29 is 18.0 Å². The topological polar surface area (TPSA) is 30.0 Å². The molecule has 1 heterocycles. The van der Waals surface area contributed by atoms with Crippen LogP contribution in [0.1, 0.15) is 25.8 Å². The minimum Gasteiger partial charge on any atom is -0.288 e. The molecule has 0 saturated carbocycles. The summed E-state index contributed by atoms with van der Waals surface area (Å²) in [5.74, 6) is -0.438. The van der Waals surface area contributed by atoms with Gasteiger partial charge >= 0.3 is 6.18 Å². The van der Waals surface area contributed by atoms with E-state index in [1.54, 1.807) is 6.92 Å². The van der Waals surface area contributed by atoms with Crippen LogP contribution in [0, 0.1) is 6.92 Å². The van der Waals surface area contributed by atoms with Gasteiger partial charge in [0.05, 0.1) is 15.4 Å². The highest BCUT2D eigenvalue weighted by Crippen LogP contribution is 2.30. The second-order valence-corrected chi connectivity index (χ2v) is 4.89. The summed E-state index contributed by atoms with van der Waals surface area (Å²) in [6, 6.07) is 4.39. The molecule has 0 unspecified atom stereocenters. The standard InChI is InChI=1S/C12H8F3NOS/c1-7-16-6-10(18-7)11(17)8-3-2-4-9(5-8)12(13,14)15/h2-6H,1H3. The smallest absolute Gasteiger partial charge is 0.288 e. The van der Waals surface area contributed by atoms with Gasteiger partial charge in [0, 0.05) is 11.8 Å². The summed E-state index contributed by atoms with van der Waals surface area (Å²) >= 11 is 1.16. The summed E-state index contributed by atoms with van der Waals surface area (Å²) in [7, 11) is 0. The van der Waals surface area contributed by atoms with Gasteiger partial charge < -0.3 is 0 Å². The molecule has 0 bridgehead atoms. The highest BCUT2D eigenvalue weighted by Gasteiger charge is 2.31. The fourth-order valence-corrected chi connectivity index (χ4v) is 2.18. The van der Waals surface area contributed by atoms with E-state index in [0.717, 1.165) is 23.5 Å². The Morgan fingerprint density at radius 2 is 2.06 bits per heavy atom. The maximum absolute atomic E-state index is 12.5. The average Bonchev–Trinajstić information content (AvgIpc) is 2.74. The Balaban J connectivity index is 2.37. The van der Waals surface area contributed by atoms with Crippen LogP contribution >= 0.6 is 11.3 Å². The molecule has 2 rings (SSSR count). The Morgan fingerprint density at radius 3 is 2.61 bits per heavy atom. The molecule has 0 atom stereocenters. The quantitative estimate of drug-likeness (QED) is 0.779. The number of aromatic nitrogens is 1. The number of thiazole rings is 1. The van der Waals surface area contributed by atoms with Crippen LogP contribution in [0.4, 0.5) is 13.2 Å². The first-order valence-corrected chi connectivity index (χ1v) is 5.84. The summed E-state index contributed by atoms with van der Waals surface area (Å²) in [5, 5.41) is 0.699. The monoisotopic (exact) mass is 271 g/mol. The van der Waals surface area contributed by atoms with E-state index in [4.69, 9.17) is 0 Å². The van der Waals surface area contributed by atoms with Crippen LogP contribution in [-0.4, -0.2) is 10.8 Å². The number of ketones is 1. The van der Waals surface area contributed by atoms with E-state index in [1.807, 2.05) is 0 Å². The van der Waals surface area contributed by atoms with E-state index in [1.165, 1.54) is 18.3 Å². The van der Waals surface area contributed by atoms with Crippen molar-refractivity contribution >= 4 is 17.1 Å². The first-order valence-electron chi connectivity index (χ1n) is 5.02. The Hall–Kier alpha value is -1.69. The molecule has 0 fully saturated rings. The number of nitrogens with zero attached hydrogens (tertiary/aromatic N) is 1. The molecule has 94 valence electrons. The van der Waals surface area contributed by atoms with Crippen LogP contribution in [-0.2, 0) is 6.18 Å². The number of halogens is 3. The molecule has 2 nitrogen and oxygen atoms in total. The molecule has 0 saturated heterocycles. The Labute approximate surface area is 105 Å². The molecule has 18 heavy (non-hydrogen) atoms. The minimum absolute atomic E-state index is 0.0217. The zero-order valence-corrected chi connectivity index (χ0v) is 10.1. The molecule has 0 aliphatic heterocycles. The molecule has 0 N–H and O–H groups in total. The Morgan fingerprint density at radius 1 is 1.33 bits per heavy atom. The maximum atomic E-state index is 12.5. The van der Waals surface area contributed by atoms with Gasteiger partial charge in [0.25, 0.3) is 0 Å². The van der Waals surface area contributed by atoms with Crippen molar-refractivity contribution in [2.45, 2.75) is 13.1 Å². The van der Waals surface area contributed by atoms with Crippen LogP contribution in [0.15, 0.2) is 30.5 Å². The van der Waals surface area contributed by atoms with E-state index >= 15 is 0 Å². The summed E-state index contributed by atoms with van der Waals surface area (Å²) < 4.78 is 37.6. The molecular formula is C12H8F3NOS. The number of benzene rings is 1. The molecule has 0 aliphatic rings. The zero-order valence-electron chi connectivity index (χ0n) is 9.28. The minimum atomic E-state index is -4.44. The third-order valence-electron chi connectivity index (χ3n) is 2.30. The lowest BCUT2D eigenvalue weighted by atomic mass is 10.1. The van der Waals surface area contributed by atoms with Crippen molar-refractivity contribution in [3.8, 4) is 0 Å². The second kappa shape index (κ2) is 4.53. The van der Waals surface area contributed by atoms with Crippen molar-refractivity contribution in [3.63, 3.8) is 0 Å². The van der Waals surface area contributed by atoms with Gasteiger partial charge in [-0.05, 0) is 19.1 Å². The number of carbonyl (C=O) groups is 1. The number of hydrogen-bond donors (Lipinski definition) is 0. The largest absolute Gasteiger partial charge is 0.416 e. The van der Waals surface area contributed by atoms with Gasteiger partial charge in [0.1, 0.15) is 0 Å². The van der Waals surface area contributed by atoms with E-state index in [0.29, 0.717) is 9.88 Å². The number of hydrogen-bond acceptors (Lipinski definition) is 3. The first kappa shape index (κ1) is 12.8. The molecule has 1 aromatic heterocycles. The van der Waals surface area contributed by atoms with Gasteiger partial charge in [-0.1, -0.05) is 12.1 Å². The van der Waals surface area contributed by atoms with Crippen LogP contribution in [0.3, 0.4) is 0 Å². The second-order valence-electron chi connectivity index (χ2n) is 3.65. The molecule has 2 aromatic rings. The summed E-state index contributed by atoms with van der Waals surface area (Å²) in [5.41, 5.74) is -0.803. The van der Waals surface area contributed by atoms with Crippen LogP contribution < -0.4 is 0 Å². The molecule has 1 aromatic carbocycles. The fourth-order valence-electron chi connectivity index (χ4n) is 1.45. The molecule has 0 radical (unpaired) electrons. The molecule has 0 aliphatic carbocycles. The van der Waals surface area contributed by atoms with Gasteiger partial charge in [-0.3, -0.25) is 4.79 Å². The van der Waals surface area contributed by atoms with Crippen molar-refractivity contribution in [2.24, 2.45) is 0 Å². The lowest BCUT2D eigenvalue weighted by Gasteiger charge is -2.07. The predicted octanol–water partition coefficient (Wildman–Crippen LogP) is 3.70.